The smallest absolute Gasteiger partial charge is 0.196 e. The summed E-state index contributed by atoms with van der Waals surface area (Å²) in [6.07, 6.45) is 0.769. The van der Waals surface area contributed by atoms with E-state index in [-0.39, 0.29) is 0 Å². The van der Waals surface area contributed by atoms with Crippen molar-refractivity contribution in [2.24, 2.45) is 0 Å². The monoisotopic (exact) mass is 165 g/mol. The second-order valence-electron chi connectivity index (χ2n) is 2.61. The van der Waals surface area contributed by atoms with E-state index >= 15 is 0 Å². The molecule has 0 aliphatic carbocycles. The minimum Gasteiger partial charge on any atom is -0.196 e. The lowest BCUT2D eigenvalue weighted by Crippen LogP contribution is -2.32. The van der Waals surface area contributed by atoms with Crippen LogP contribution in [0.15, 0.2) is 0 Å². The maximum Gasteiger partial charge on any atom is 0.300 e. The summed E-state index contributed by atoms with van der Waals surface area (Å²) in [5.74, 6) is 0. The molecule has 0 amide bonds. The molecule has 0 saturated carbocycles. The van der Waals surface area contributed by atoms with Crippen LogP contribution in [0, 0.1) is 0 Å². The van der Waals surface area contributed by atoms with Gasteiger partial charge in [0.05, 0.1) is 4.75 Å². The zero-order valence-electron chi connectivity index (χ0n) is 6.55. The second-order valence-corrected chi connectivity index (χ2v) is 4.50. The molecule has 0 atom stereocenters. The molecule has 1 radical (unpaired) electrons. The molecular weight excluding hydrogens is 152 g/mol. The quantitative estimate of drug-likeness (QED) is 0.633. The van der Waals surface area contributed by atoms with E-state index in [2.05, 4.69) is 0 Å². The fourth-order valence-electron chi connectivity index (χ4n) is 0.604. The van der Waals surface area contributed by atoms with Crippen LogP contribution in [0.5, 0.6) is 0 Å². The Bertz CT molecular complexity index is 189. The van der Waals surface area contributed by atoms with Gasteiger partial charge in [0, 0.05) is 0 Å². The summed E-state index contributed by atoms with van der Waals surface area (Å²) < 4.78 is 30.6. The van der Waals surface area contributed by atoms with Gasteiger partial charge in [-0.1, -0.05) is 18.4 Å². The largest absolute Gasteiger partial charge is 0.300 e. The molecule has 10 heavy (non-hydrogen) atoms. The van der Waals surface area contributed by atoms with Gasteiger partial charge in [0.25, 0.3) is 10.1 Å². The van der Waals surface area contributed by atoms with Crippen molar-refractivity contribution in [2.45, 2.75) is 38.4 Å². The Kier molecular flexibility index (Phi) is 2.86. The van der Waals surface area contributed by atoms with Gasteiger partial charge in [0.2, 0.25) is 0 Å². The summed E-state index contributed by atoms with van der Waals surface area (Å²) in [6.45, 7) is 4.90. The SMILES string of the molecule is CCC(C)(CC)S([O])(=O)=O. The highest BCUT2D eigenvalue weighted by Gasteiger charge is 2.35. The lowest BCUT2D eigenvalue weighted by atomic mass is 10.1. The highest BCUT2D eigenvalue weighted by atomic mass is 32.2. The predicted octanol–water partition coefficient (Wildman–Crippen LogP) is 1.33. The van der Waals surface area contributed by atoms with Gasteiger partial charge in [0.15, 0.2) is 0 Å². The molecule has 0 fully saturated rings. The molecule has 0 aromatic heterocycles. The average Bonchev–Trinajstić information content (AvgIpc) is 1.84. The van der Waals surface area contributed by atoms with Gasteiger partial charge in [-0.25, -0.2) is 0 Å². The fourth-order valence-corrected chi connectivity index (χ4v) is 1.31. The van der Waals surface area contributed by atoms with Crippen LogP contribution in [0.1, 0.15) is 33.6 Å². The Balaban J connectivity index is 4.68. The number of hydrogen-bond donors (Lipinski definition) is 0. The van der Waals surface area contributed by atoms with Crippen LogP contribution in [-0.4, -0.2) is 13.2 Å². The van der Waals surface area contributed by atoms with Gasteiger partial charge in [-0.15, -0.1) is 0 Å². The van der Waals surface area contributed by atoms with Crippen LogP contribution in [-0.2, 0) is 14.7 Å². The van der Waals surface area contributed by atoms with Crippen molar-refractivity contribution in [3.05, 3.63) is 0 Å². The highest BCUT2D eigenvalue weighted by Crippen LogP contribution is 2.23. The van der Waals surface area contributed by atoms with Crippen LogP contribution in [0.2, 0.25) is 0 Å². The normalized spacial score (nSPS) is 13.6. The van der Waals surface area contributed by atoms with Crippen LogP contribution >= 0.6 is 0 Å². The van der Waals surface area contributed by atoms with E-state index in [4.69, 9.17) is 0 Å². The Morgan fingerprint density at radius 1 is 1.20 bits per heavy atom. The first-order valence-electron chi connectivity index (χ1n) is 3.33. The van der Waals surface area contributed by atoms with Crippen LogP contribution in [0.3, 0.4) is 0 Å². The van der Waals surface area contributed by atoms with Crippen LogP contribution < -0.4 is 0 Å². The Labute approximate surface area is 62.2 Å². The topological polar surface area (TPSA) is 54.0 Å². The van der Waals surface area contributed by atoms with Gasteiger partial charge in [-0.2, -0.15) is 8.42 Å². The predicted molar refractivity (Wildman–Crippen MR) is 38.6 cm³/mol. The van der Waals surface area contributed by atoms with Crippen molar-refractivity contribution in [1.29, 1.82) is 0 Å². The van der Waals surface area contributed by atoms with Crippen LogP contribution in [0.25, 0.3) is 0 Å². The van der Waals surface area contributed by atoms with Gasteiger partial charge in [0.1, 0.15) is 0 Å². The van der Waals surface area contributed by atoms with Crippen molar-refractivity contribution in [3.8, 4) is 0 Å². The molecule has 0 heterocycles. The fraction of sp³-hybridized carbons (Fsp3) is 1.00. The highest BCUT2D eigenvalue weighted by molar-refractivity contribution is 7.87. The summed E-state index contributed by atoms with van der Waals surface area (Å²) in [5, 5.41) is 0. The van der Waals surface area contributed by atoms with Crippen molar-refractivity contribution in [1.82, 2.24) is 0 Å². The Morgan fingerprint density at radius 2 is 1.50 bits per heavy atom. The molecule has 3 nitrogen and oxygen atoms in total. The standard InChI is InChI=1S/C6H13O3S/c1-4-6(3,5-2)10(7,8)9/h4-5H2,1-3H3. The molecular formula is C6H13O3S. The first kappa shape index (κ1) is 9.91. The molecule has 0 aromatic rings. The maximum atomic E-state index is 10.6. The average molecular weight is 165 g/mol. The van der Waals surface area contributed by atoms with E-state index in [0.717, 1.165) is 0 Å². The van der Waals surface area contributed by atoms with E-state index in [1.807, 2.05) is 0 Å². The van der Waals surface area contributed by atoms with E-state index in [1.54, 1.807) is 13.8 Å². The van der Waals surface area contributed by atoms with E-state index < -0.39 is 14.9 Å². The lowest BCUT2D eigenvalue weighted by Gasteiger charge is -2.20. The summed E-state index contributed by atoms with van der Waals surface area (Å²) in [4.78, 5) is 0. The molecule has 0 aliphatic heterocycles. The zero-order chi connectivity index (χ0) is 8.41. The van der Waals surface area contributed by atoms with Gasteiger partial charge < -0.3 is 0 Å². The third-order valence-corrected chi connectivity index (χ3v) is 3.88. The molecule has 0 aliphatic rings. The number of rotatable bonds is 3. The van der Waals surface area contributed by atoms with Gasteiger partial charge in [-0.05, 0) is 19.8 Å². The van der Waals surface area contributed by atoms with E-state index in [1.165, 1.54) is 6.92 Å². The summed E-state index contributed by atoms with van der Waals surface area (Å²) in [6, 6.07) is 0. The molecule has 4 heteroatoms. The molecule has 0 unspecified atom stereocenters. The lowest BCUT2D eigenvalue weighted by molar-refractivity contribution is 0.368. The summed E-state index contributed by atoms with van der Waals surface area (Å²) in [7, 11) is -4.11. The van der Waals surface area contributed by atoms with Crippen molar-refractivity contribution in [3.63, 3.8) is 0 Å². The molecule has 0 rings (SSSR count). The molecule has 0 N–H and O–H groups in total. The van der Waals surface area contributed by atoms with Crippen molar-refractivity contribution in [2.75, 3.05) is 0 Å². The first-order chi connectivity index (χ1) is 4.37. The second kappa shape index (κ2) is 2.88. The number of hydrogen-bond acceptors (Lipinski definition) is 2. The van der Waals surface area contributed by atoms with E-state index in [0.29, 0.717) is 12.8 Å². The zero-order valence-corrected chi connectivity index (χ0v) is 7.36. The summed E-state index contributed by atoms with van der Waals surface area (Å²) in [5.41, 5.74) is 0. The maximum absolute atomic E-state index is 10.6. The van der Waals surface area contributed by atoms with Crippen LogP contribution in [0.4, 0.5) is 0 Å². The third-order valence-electron chi connectivity index (χ3n) is 2.10. The van der Waals surface area contributed by atoms with Crippen molar-refractivity contribution < 1.29 is 13.0 Å². The minimum absolute atomic E-state index is 0.384. The summed E-state index contributed by atoms with van der Waals surface area (Å²) >= 11 is 0. The molecule has 61 valence electrons. The van der Waals surface area contributed by atoms with Gasteiger partial charge in [-0.3, -0.25) is 0 Å². The molecule has 0 aromatic carbocycles. The minimum atomic E-state index is -4.11. The van der Waals surface area contributed by atoms with E-state index in [9.17, 15) is 13.0 Å². The molecule has 0 saturated heterocycles. The van der Waals surface area contributed by atoms with Crippen molar-refractivity contribution >= 4 is 10.1 Å². The first-order valence-corrected chi connectivity index (χ1v) is 4.73. The third kappa shape index (κ3) is 1.70. The Hall–Kier alpha value is -0.0900. The Morgan fingerprint density at radius 3 is 1.50 bits per heavy atom. The van der Waals surface area contributed by atoms with Gasteiger partial charge >= 0.3 is 0 Å². The molecule has 0 bridgehead atoms. The molecule has 0 spiro atoms.